The molecule has 1 N–H and O–H groups in total. The molecule has 0 fully saturated rings. The van der Waals surface area contributed by atoms with Crippen LogP contribution in [0.3, 0.4) is 0 Å². The van der Waals surface area contributed by atoms with E-state index in [2.05, 4.69) is 5.32 Å². The Morgan fingerprint density at radius 2 is 1.61 bits per heavy atom. The molecule has 31 heavy (non-hydrogen) atoms. The Morgan fingerprint density at radius 1 is 0.968 bits per heavy atom. The molecule has 3 rings (SSSR count). The van der Waals surface area contributed by atoms with Crippen LogP contribution in [0.5, 0.6) is 5.75 Å². The van der Waals surface area contributed by atoms with Gasteiger partial charge in [0, 0.05) is 25.4 Å². The number of benzene rings is 3. The van der Waals surface area contributed by atoms with Crippen molar-refractivity contribution in [2.24, 2.45) is 0 Å². The van der Waals surface area contributed by atoms with Gasteiger partial charge in [0.2, 0.25) is 15.9 Å². The van der Waals surface area contributed by atoms with Crippen molar-refractivity contribution in [3.63, 3.8) is 0 Å². The number of anilines is 1. The third-order valence-electron chi connectivity index (χ3n) is 4.62. The van der Waals surface area contributed by atoms with Crippen molar-refractivity contribution in [2.45, 2.75) is 11.4 Å². The first kappa shape index (κ1) is 22.3. The molecule has 7 heteroatoms. The first-order valence-electron chi connectivity index (χ1n) is 9.62. The molecular weight excluding hydrogens is 412 g/mol. The highest BCUT2D eigenvalue weighted by Gasteiger charge is 2.20. The number of rotatable bonds is 8. The van der Waals surface area contributed by atoms with E-state index in [9.17, 15) is 13.2 Å². The summed E-state index contributed by atoms with van der Waals surface area (Å²) in [6, 6.07) is 22.8. The summed E-state index contributed by atoms with van der Waals surface area (Å²) in [6.07, 6.45) is 3.10. The standard InChI is InChI=1S/C24H24N2O4S/c1-26(18-20-6-4-3-5-7-20)31(28,29)23-15-11-21(12-16-23)25-24(27)17-10-19-8-13-22(30-2)14-9-19/h3-17H,18H2,1-2H3,(H,25,27)/b17-10+. The molecule has 0 unspecified atom stereocenters. The van der Waals surface area contributed by atoms with Gasteiger partial charge in [0.25, 0.3) is 0 Å². The Bertz CT molecular complexity index is 1140. The van der Waals surface area contributed by atoms with Gasteiger partial charge in [-0.25, -0.2) is 8.42 Å². The number of nitrogens with one attached hydrogen (secondary N) is 1. The summed E-state index contributed by atoms with van der Waals surface area (Å²) < 4.78 is 32.0. The minimum Gasteiger partial charge on any atom is -0.497 e. The average molecular weight is 437 g/mol. The topological polar surface area (TPSA) is 75.7 Å². The van der Waals surface area contributed by atoms with E-state index in [1.165, 1.54) is 22.5 Å². The lowest BCUT2D eigenvalue weighted by molar-refractivity contribution is -0.111. The molecule has 0 aliphatic rings. The molecule has 0 aromatic heterocycles. The maximum absolute atomic E-state index is 12.8. The predicted octanol–water partition coefficient (Wildman–Crippen LogP) is 4.17. The highest BCUT2D eigenvalue weighted by atomic mass is 32.2. The summed E-state index contributed by atoms with van der Waals surface area (Å²) >= 11 is 0. The van der Waals surface area contributed by atoms with Crippen LogP contribution in [0.25, 0.3) is 6.08 Å². The number of carbonyl (C=O) groups is 1. The van der Waals surface area contributed by atoms with Crippen molar-refractivity contribution >= 4 is 27.7 Å². The molecule has 0 aliphatic carbocycles. The lowest BCUT2D eigenvalue weighted by Crippen LogP contribution is -2.26. The van der Waals surface area contributed by atoms with Crippen molar-refractivity contribution in [1.82, 2.24) is 4.31 Å². The summed E-state index contributed by atoms with van der Waals surface area (Å²) in [5.41, 5.74) is 2.27. The fourth-order valence-corrected chi connectivity index (χ4v) is 4.05. The van der Waals surface area contributed by atoms with Crippen LogP contribution in [0.1, 0.15) is 11.1 Å². The van der Waals surface area contributed by atoms with Crippen molar-refractivity contribution in [3.05, 3.63) is 96.1 Å². The SMILES string of the molecule is COc1ccc(/C=C/C(=O)Nc2ccc(S(=O)(=O)N(C)Cc3ccccc3)cc2)cc1. The first-order chi connectivity index (χ1) is 14.9. The minimum absolute atomic E-state index is 0.165. The van der Waals surface area contributed by atoms with Gasteiger partial charge in [0.05, 0.1) is 12.0 Å². The molecule has 3 aromatic carbocycles. The van der Waals surface area contributed by atoms with Gasteiger partial charge in [-0.1, -0.05) is 42.5 Å². The average Bonchev–Trinajstić information content (AvgIpc) is 2.79. The van der Waals surface area contributed by atoms with E-state index in [0.29, 0.717) is 5.69 Å². The zero-order chi connectivity index (χ0) is 22.3. The maximum atomic E-state index is 12.8. The number of ether oxygens (including phenoxy) is 1. The van der Waals surface area contributed by atoms with Crippen molar-refractivity contribution in [1.29, 1.82) is 0 Å². The van der Waals surface area contributed by atoms with Gasteiger partial charge in [-0.3, -0.25) is 4.79 Å². The van der Waals surface area contributed by atoms with Crippen LogP contribution in [-0.4, -0.2) is 32.8 Å². The van der Waals surface area contributed by atoms with Crippen LogP contribution in [0, 0.1) is 0 Å². The van der Waals surface area contributed by atoms with Crippen LogP contribution >= 0.6 is 0 Å². The van der Waals surface area contributed by atoms with Crippen LogP contribution in [0.2, 0.25) is 0 Å². The molecule has 0 radical (unpaired) electrons. The number of carbonyl (C=O) groups excluding carboxylic acids is 1. The van der Waals surface area contributed by atoms with Gasteiger partial charge in [-0.2, -0.15) is 4.31 Å². The fraction of sp³-hybridized carbons (Fsp3) is 0.125. The monoisotopic (exact) mass is 436 g/mol. The molecule has 0 bridgehead atoms. The Kier molecular flexibility index (Phi) is 7.23. The number of hydrogen-bond acceptors (Lipinski definition) is 4. The van der Waals surface area contributed by atoms with E-state index in [4.69, 9.17) is 4.74 Å². The van der Waals surface area contributed by atoms with Gasteiger partial charge in [0.1, 0.15) is 5.75 Å². The minimum atomic E-state index is -3.64. The molecule has 0 atom stereocenters. The zero-order valence-corrected chi connectivity index (χ0v) is 18.2. The number of amides is 1. The molecule has 0 aliphatic heterocycles. The third-order valence-corrected chi connectivity index (χ3v) is 6.44. The second-order valence-corrected chi connectivity index (χ2v) is 8.91. The van der Waals surface area contributed by atoms with E-state index < -0.39 is 10.0 Å². The number of methoxy groups -OCH3 is 1. The molecule has 1 amide bonds. The second-order valence-electron chi connectivity index (χ2n) is 6.87. The second kappa shape index (κ2) is 10.1. The molecule has 160 valence electrons. The van der Waals surface area contributed by atoms with Gasteiger partial charge in [-0.15, -0.1) is 0 Å². The molecule has 0 heterocycles. The molecule has 3 aromatic rings. The summed E-state index contributed by atoms with van der Waals surface area (Å²) in [7, 11) is -0.501. The van der Waals surface area contributed by atoms with Crippen LogP contribution in [0.4, 0.5) is 5.69 Å². The highest BCUT2D eigenvalue weighted by Crippen LogP contribution is 2.19. The van der Waals surface area contributed by atoms with Gasteiger partial charge in [-0.05, 0) is 53.6 Å². The summed E-state index contributed by atoms with van der Waals surface area (Å²) in [4.78, 5) is 12.3. The normalized spacial score (nSPS) is 11.6. The molecule has 0 saturated carbocycles. The van der Waals surface area contributed by atoms with Crippen LogP contribution in [0.15, 0.2) is 89.8 Å². The zero-order valence-electron chi connectivity index (χ0n) is 17.4. The van der Waals surface area contributed by atoms with E-state index in [-0.39, 0.29) is 17.3 Å². The van der Waals surface area contributed by atoms with Gasteiger partial charge < -0.3 is 10.1 Å². The predicted molar refractivity (Wildman–Crippen MR) is 122 cm³/mol. The van der Waals surface area contributed by atoms with E-state index in [0.717, 1.165) is 16.9 Å². The van der Waals surface area contributed by atoms with Crippen molar-refractivity contribution in [2.75, 3.05) is 19.5 Å². The summed E-state index contributed by atoms with van der Waals surface area (Å²) in [5.74, 6) is 0.429. The Morgan fingerprint density at radius 3 is 2.23 bits per heavy atom. The summed E-state index contributed by atoms with van der Waals surface area (Å²) in [6.45, 7) is 0.276. The van der Waals surface area contributed by atoms with Crippen LogP contribution < -0.4 is 10.1 Å². The highest BCUT2D eigenvalue weighted by molar-refractivity contribution is 7.89. The largest absolute Gasteiger partial charge is 0.497 e. The lowest BCUT2D eigenvalue weighted by Gasteiger charge is -2.17. The molecule has 6 nitrogen and oxygen atoms in total. The quantitative estimate of drug-likeness (QED) is 0.538. The van der Waals surface area contributed by atoms with Crippen molar-refractivity contribution in [3.8, 4) is 5.75 Å². The number of nitrogens with zero attached hydrogens (tertiary/aromatic N) is 1. The maximum Gasteiger partial charge on any atom is 0.248 e. The van der Waals surface area contributed by atoms with E-state index in [1.54, 1.807) is 32.4 Å². The first-order valence-corrected chi connectivity index (χ1v) is 11.1. The smallest absolute Gasteiger partial charge is 0.248 e. The number of hydrogen-bond donors (Lipinski definition) is 1. The Hall–Kier alpha value is -3.42. The fourth-order valence-electron chi connectivity index (χ4n) is 2.89. The van der Waals surface area contributed by atoms with Crippen molar-refractivity contribution < 1.29 is 17.9 Å². The lowest BCUT2D eigenvalue weighted by atomic mass is 10.2. The van der Waals surface area contributed by atoms with Gasteiger partial charge >= 0.3 is 0 Å². The number of sulfonamides is 1. The van der Waals surface area contributed by atoms with E-state index in [1.807, 2.05) is 54.6 Å². The van der Waals surface area contributed by atoms with Gasteiger partial charge in [0.15, 0.2) is 0 Å². The molecular formula is C24H24N2O4S. The van der Waals surface area contributed by atoms with E-state index >= 15 is 0 Å². The Labute approximate surface area is 182 Å². The molecule has 0 spiro atoms. The Balaban J connectivity index is 1.62. The third kappa shape index (κ3) is 6.04. The molecule has 0 saturated heterocycles. The summed E-state index contributed by atoms with van der Waals surface area (Å²) in [5, 5.41) is 2.72. The van der Waals surface area contributed by atoms with Crippen LogP contribution in [-0.2, 0) is 21.4 Å².